The fourth-order valence-electron chi connectivity index (χ4n) is 1.80. The van der Waals surface area contributed by atoms with E-state index in [1.165, 1.54) is 5.56 Å². The monoisotopic (exact) mass is 243 g/mol. The molecule has 0 saturated carbocycles. The Labute approximate surface area is 107 Å². The molecule has 0 aliphatic heterocycles. The van der Waals surface area contributed by atoms with Crippen molar-refractivity contribution >= 4 is 11.5 Å². The van der Waals surface area contributed by atoms with E-state index >= 15 is 0 Å². The summed E-state index contributed by atoms with van der Waals surface area (Å²) in [6.07, 6.45) is 0.993. The van der Waals surface area contributed by atoms with Gasteiger partial charge in [-0.15, -0.1) is 0 Å². The van der Waals surface area contributed by atoms with Crippen molar-refractivity contribution in [2.24, 2.45) is 5.92 Å². The predicted octanol–water partition coefficient (Wildman–Crippen LogP) is 3.27. The molecule has 1 aromatic rings. The van der Waals surface area contributed by atoms with Crippen molar-refractivity contribution in [2.45, 2.75) is 27.2 Å². The van der Waals surface area contributed by atoms with Crippen LogP contribution in [0.1, 0.15) is 31.9 Å². The third-order valence-electron chi connectivity index (χ3n) is 2.73. The molecule has 1 aromatic carbocycles. The maximum absolute atomic E-state index is 10.9. The number of allylic oxidation sites excluding steroid dienone is 1. The fourth-order valence-corrected chi connectivity index (χ4v) is 1.80. The van der Waals surface area contributed by atoms with Crippen LogP contribution < -0.4 is 0 Å². The minimum atomic E-state index is -1.18. The van der Waals surface area contributed by atoms with Crippen LogP contribution in [-0.2, 0) is 11.2 Å². The molecule has 94 valence electrons. The van der Waals surface area contributed by atoms with Gasteiger partial charge in [0, 0.05) is 0 Å². The van der Waals surface area contributed by atoms with Crippen LogP contribution >= 0.6 is 0 Å². The van der Waals surface area contributed by atoms with E-state index in [9.17, 15) is 4.79 Å². The number of aliphatic carboxylic acids is 1. The molecule has 18 heavy (non-hydrogen) atoms. The number of rotatable bonds is 4. The zero-order valence-electron chi connectivity index (χ0n) is 10.9. The summed E-state index contributed by atoms with van der Waals surface area (Å²) in [5, 5.41) is 17.7. The van der Waals surface area contributed by atoms with Gasteiger partial charge in [0.25, 0.3) is 0 Å². The Kier molecular flexibility index (Phi) is 4.67. The lowest BCUT2D eigenvalue weighted by molar-refractivity contribution is -0.132. The first-order valence-electron chi connectivity index (χ1n) is 5.89. The van der Waals surface area contributed by atoms with Crippen molar-refractivity contribution in [3.8, 4) is 6.07 Å². The lowest BCUT2D eigenvalue weighted by Crippen LogP contribution is -2.01. The smallest absolute Gasteiger partial charge is 0.346 e. The number of hydrogen-bond donors (Lipinski definition) is 1. The van der Waals surface area contributed by atoms with E-state index in [-0.39, 0.29) is 5.57 Å². The second-order valence-corrected chi connectivity index (χ2v) is 4.71. The van der Waals surface area contributed by atoms with E-state index in [1.54, 1.807) is 13.0 Å². The molecule has 0 radical (unpaired) electrons. The molecule has 0 atom stereocenters. The lowest BCUT2D eigenvalue weighted by atomic mass is 9.97. The molecule has 1 rings (SSSR count). The topological polar surface area (TPSA) is 61.1 Å². The molecule has 0 spiro atoms. The summed E-state index contributed by atoms with van der Waals surface area (Å²) in [5.74, 6) is -0.595. The Morgan fingerprint density at radius 1 is 1.33 bits per heavy atom. The highest BCUT2D eigenvalue weighted by Gasteiger charge is 2.11. The fraction of sp³-hybridized carbons (Fsp3) is 0.333. The minimum absolute atomic E-state index is 0.202. The van der Waals surface area contributed by atoms with E-state index < -0.39 is 5.97 Å². The minimum Gasteiger partial charge on any atom is -0.477 e. The molecule has 0 unspecified atom stereocenters. The molecule has 0 amide bonds. The van der Waals surface area contributed by atoms with Gasteiger partial charge in [-0.2, -0.15) is 5.26 Å². The molecule has 0 fully saturated rings. The average molecular weight is 243 g/mol. The maximum atomic E-state index is 10.9. The highest BCUT2D eigenvalue weighted by Crippen LogP contribution is 2.19. The molecular formula is C15H17NO2. The van der Waals surface area contributed by atoms with Gasteiger partial charge in [-0.05, 0) is 36.0 Å². The van der Waals surface area contributed by atoms with Gasteiger partial charge in [-0.3, -0.25) is 0 Å². The molecule has 0 aromatic heterocycles. The van der Waals surface area contributed by atoms with Gasteiger partial charge in [0.05, 0.1) is 0 Å². The van der Waals surface area contributed by atoms with Crippen molar-refractivity contribution in [3.05, 3.63) is 41.0 Å². The Hall–Kier alpha value is -2.08. The van der Waals surface area contributed by atoms with Crippen LogP contribution in [0.15, 0.2) is 29.8 Å². The molecule has 0 saturated heterocycles. The highest BCUT2D eigenvalue weighted by atomic mass is 16.4. The number of carboxylic acids is 1. The summed E-state index contributed by atoms with van der Waals surface area (Å²) < 4.78 is 0. The summed E-state index contributed by atoms with van der Waals surface area (Å²) in [4.78, 5) is 10.9. The van der Waals surface area contributed by atoms with Gasteiger partial charge in [0.1, 0.15) is 11.6 Å². The van der Waals surface area contributed by atoms with Crippen LogP contribution in [0, 0.1) is 17.2 Å². The van der Waals surface area contributed by atoms with Crippen LogP contribution in [0.25, 0.3) is 5.57 Å². The number of carbonyl (C=O) groups is 1. The Morgan fingerprint density at radius 2 is 1.89 bits per heavy atom. The van der Waals surface area contributed by atoms with E-state index in [2.05, 4.69) is 13.8 Å². The summed E-state index contributed by atoms with van der Waals surface area (Å²) in [7, 11) is 0. The second-order valence-electron chi connectivity index (χ2n) is 4.71. The van der Waals surface area contributed by atoms with E-state index in [1.807, 2.05) is 24.3 Å². The van der Waals surface area contributed by atoms with E-state index in [4.69, 9.17) is 10.4 Å². The Balaban J connectivity index is 3.06. The molecule has 3 nitrogen and oxygen atoms in total. The van der Waals surface area contributed by atoms with Gasteiger partial charge in [-0.25, -0.2) is 4.79 Å². The molecule has 0 bridgehead atoms. The first-order chi connectivity index (χ1) is 8.45. The Morgan fingerprint density at radius 3 is 2.28 bits per heavy atom. The van der Waals surface area contributed by atoms with Crippen LogP contribution in [0.5, 0.6) is 0 Å². The first kappa shape index (κ1) is 14.0. The number of benzene rings is 1. The van der Waals surface area contributed by atoms with Crippen molar-refractivity contribution in [1.29, 1.82) is 5.26 Å². The molecule has 3 heteroatoms. The molecule has 0 aliphatic rings. The summed E-state index contributed by atoms with van der Waals surface area (Å²) in [6.45, 7) is 5.96. The SMILES string of the molecule is C/C(=C(/C#N)C(=O)O)c1ccc(CC(C)C)cc1. The number of hydrogen-bond acceptors (Lipinski definition) is 2. The number of nitrogens with zero attached hydrogens (tertiary/aromatic N) is 1. The van der Waals surface area contributed by atoms with Crippen molar-refractivity contribution < 1.29 is 9.90 Å². The summed E-state index contributed by atoms with van der Waals surface area (Å²) in [5.41, 5.74) is 2.30. The van der Waals surface area contributed by atoms with Gasteiger partial charge in [0.15, 0.2) is 0 Å². The largest absolute Gasteiger partial charge is 0.477 e. The second kappa shape index (κ2) is 6.02. The van der Waals surface area contributed by atoms with Gasteiger partial charge < -0.3 is 5.11 Å². The molecule has 1 N–H and O–H groups in total. The zero-order chi connectivity index (χ0) is 13.7. The predicted molar refractivity (Wildman–Crippen MR) is 70.8 cm³/mol. The molecule has 0 heterocycles. The summed E-state index contributed by atoms with van der Waals surface area (Å²) in [6, 6.07) is 9.43. The molecule has 0 aliphatic carbocycles. The third kappa shape index (κ3) is 3.46. The van der Waals surface area contributed by atoms with Gasteiger partial charge >= 0.3 is 5.97 Å². The lowest BCUT2D eigenvalue weighted by Gasteiger charge is -2.07. The average Bonchev–Trinajstić information content (AvgIpc) is 2.29. The van der Waals surface area contributed by atoms with Crippen LogP contribution in [0.2, 0.25) is 0 Å². The van der Waals surface area contributed by atoms with Crippen LogP contribution in [0.4, 0.5) is 0 Å². The molecular weight excluding hydrogens is 226 g/mol. The van der Waals surface area contributed by atoms with Crippen molar-refractivity contribution in [3.63, 3.8) is 0 Å². The van der Waals surface area contributed by atoms with Crippen molar-refractivity contribution in [2.75, 3.05) is 0 Å². The van der Waals surface area contributed by atoms with E-state index in [0.29, 0.717) is 11.5 Å². The first-order valence-corrected chi connectivity index (χ1v) is 5.89. The van der Waals surface area contributed by atoms with Crippen molar-refractivity contribution in [1.82, 2.24) is 0 Å². The zero-order valence-corrected chi connectivity index (χ0v) is 10.9. The number of nitriles is 1. The van der Waals surface area contributed by atoms with Crippen LogP contribution in [-0.4, -0.2) is 11.1 Å². The normalized spacial score (nSPS) is 11.9. The van der Waals surface area contributed by atoms with Crippen LogP contribution in [0.3, 0.4) is 0 Å². The van der Waals surface area contributed by atoms with Gasteiger partial charge in [0.2, 0.25) is 0 Å². The highest BCUT2D eigenvalue weighted by molar-refractivity contribution is 6.00. The quantitative estimate of drug-likeness (QED) is 0.652. The summed E-state index contributed by atoms with van der Waals surface area (Å²) >= 11 is 0. The standard InChI is InChI=1S/C15H17NO2/c1-10(2)8-12-4-6-13(7-5-12)11(3)14(9-16)15(17)18/h4-7,10H,8H2,1-3H3,(H,17,18)/b14-11+. The Bertz CT molecular complexity index is 504. The van der Waals surface area contributed by atoms with E-state index in [0.717, 1.165) is 12.0 Å². The maximum Gasteiger partial charge on any atom is 0.346 e. The van der Waals surface area contributed by atoms with Gasteiger partial charge in [-0.1, -0.05) is 38.1 Å². The third-order valence-corrected chi connectivity index (χ3v) is 2.73. The number of carboxylic acid groups (broad SMARTS) is 1.